The van der Waals surface area contributed by atoms with Crippen LogP contribution in [-0.4, -0.2) is 24.1 Å². The zero-order valence-corrected chi connectivity index (χ0v) is 14.2. The Kier molecular flexibility index (Phi) is 5.78. The van der Waals surface area contributed by atoms with Crippen molar-refractivity contribution in [2.75, 3.05) is 12.4 Å². The third-order valence-corrected chi connectivity index (χ3v) is 4.43. The highest BCUT2D eigenvalue weighted by Gasteiger charge is 2.38. The Morgan fingerprint density at radius 1 is 1.43 bits per heavy atom. The van der Waals surface area contributed by atoms with E-state index in [4.69, 9.17) is 4.74 Å². The number of benzene rings is 1. The van der Waals surface area contributed by atoms with Gasteiger partial charge >= 0.3 is 5.97 Å². The van der Waals surface area contributed by atoms with Gasteiger partial charge in [-0.1, -0.05) is 13.8 Å². The van der Waals surface area contributed by atoms with Crippen LogP contribution < -0.4 is 10.1 Å². The molecule has 1 rings (SSSR count). The summed E-state index contributed by atoms with van der Waals surface area (Å²) >= 11 is 3.34. The zero-order chi connectivity index (χ0) is 16.2. The Morgan fingerprint density at radius 3 is 2.52 bits per heavy atom. The van der Waals surface area contributed by atoms with E-state index in [1.165, 1.54) is 7.11 Å². The number of aliphatic carboxylic acids is 1. The molecule has 0 aliphatic rings. The quantitative estimate of drug-likeness (QED) is 0.816. The van der Waals surface area contributed by atoms with Gasteiger partial charge < -0.3 is 15.2 Å². The summed E-state index contributed by atoms with van der Waals surface area (Å²) in [6, 6.07) is 5.19. The lowest BCUT2D eigenvalue weighted by Gasteiger charge is -2.28. The maximum Gasteiger partial charge on any atom is 0.310 e. The van der Waals surface area contributed by atoms with E-state index < -0.39 is 11.4 Å². The third-order valence-electron chi connectivity index (χ3n) is 3.74. The molecule has 0 radical (unpaired) electrons. The Bertz CT molecular complexity index is 544. The Labute approximate surface area is 132 Å². The SMILES string of the molecule is COc1ccc(Br)c(NC(=O)CC(C)(C(=O)O)C(C)C)c1. The number of carboxylic acid groups (broad SMARTS) is 1. The van der Waals surface area contributed by atoms with Gasteiger partial charge in [0.05, 0.1) is 18.2 Å². The van der Waals surface area contributed by atoms with Crippen LogP contribution in [0.15, 0.2) is 22.7 Å². The molecule has 0 aromatic heterocycles. The van der Waals surface area contributed by atoms with Crippen molar-refractivity contribution in [2.45, 2.75) is 27.2 Å². The van der Waals surface area contributed by atoms with Gasteiger partial charge in [-0.25, -0.2) is 0 Å². The van der Waals surface area contributed by atoms with Crippen molar-refractivity contribution in [3.05, 3.63) is 22.7 Å². The van der Waals surface area contributed by atoms with E-state index in [0.29, 0.717) is 15.9 Å². The van der Waals surface area contributed by atoms with Crippen molar-refractivity contribution in [2.24, 2.45) is 11.3 Å². The molecule has 116 valence electrons. The van der Waals surface area contributed by atoms with Gasteiger partial charge in [0.1, 0.15) is 5.75 Å². The summed E-state index contributed by atoms with van der Waals surface area (Å²) in [6.45, 7) is 5.17. The van der Waals surface area contributed by atoms with Gasteiger partial charge in [0.2, 0.25) is 5.91 Å². The second kappa shape index (κ2) is 6.93. The van der Waals surface area contributed by atoms with Crippen molar-refractivity contribution in [3.63, 3.8) is 0 Å². The summed E-state index contributed by atoms with van der Waals surface area (Å²) in [5.41, 5.74) is -0.550. The molecule has 0 saturated heterocycles. The highest BCUT2D eigenvalue weighted by atomic mass is 79.9. The molecule has 0 saturated carbocycles. The van der Waals surface area contributed by atoms with Crippen molar-refractivity contribution in [3.8, 4) is 5.75 Å². The van der Waals surface area contributed by atoms with Crippen LogP contribution in [0.5, 0.6) is 5.75 Å². The van der Waals surface area contributed by atoms with Crippen LogP contribution in [0.2, 0.25) is 0 Å². The summed E-state index contributed by atoms with van der Waals surface area (Å²) in [6.07, 6.45) is -0.0936. The van der Waals surface area contributed by atoms with Crippen LogP contribution >= 0.6 is 15.9 Å². The van der Waals surface area contributed by atoms with E-state index >= 15 is 0 Å². The number of halogens is 1. The molecule has 1 unspecified atom stereocenters. The maximum absolute atomic E-state index is 12.2. The van der Waals surface area contributed by atoms with Gasteiger partial charge in [0, 0.05) is 17.0 Å². The van der Waals surface area contributed by atoms with E-state index in [2.05, 4.69) is 21.2 Å². The van der Waals surface area contributed by atoms with Crippen LogP contribution in [0.25, 0.3) is 0 Å². The predicted octanol–water partition coefficient (Wildman–Crippen LogP) is 3.53. The lowest BCUT2D eigenvalue weighted by molar-refractivity contribution is -0.153. The van der Waals surface area contributed by atoms with Gasteiger partial charge in [0.25, 0.3) is 0 Å². The molecule has 1 aromatic carbocycles. The van der Waals surface area contributed by atoms with Crippen LogP contribution in [-0.2, 0) is 9.59 Å². The van der Waals surface area contributed by atoms with Crippen LogP contribution in [0, 0.1) is 11.3 Å². The van der Waals surface area contributed by atoms with Crippen LogP contribution in [0.3, 0.4) is 0 Å². The van der Waals surface area contributed by atoms with Crippen molar-refractivity contribution >= 4 is 33.5 Å². The second-order valence-corrected chi connectivity index (χ2v) is 6.30. The number of methoxy groups -OCH3 is 1. The third kappa shape index (κ3) is 4.20. The standard InChI is InChI=1S/C15H20BrNO4/c1-9(2)15(3,14(19)20)8-13(18)17-12-7-10(21-4)5-6-11(12)16/h5-7,9H,8H2,1-4H3,(H,17,18)(H,19,20). The number of amides is 1. The number of anilines is 1. The molecule has 0 aliphatic heterocycles. The molecule has 6 heteroatoms. The average molecular weight is 358 g/mol. The minimum absolute atomic E-state index is 0.0936. The molecule has 0 fully saturated rings. The molecule has 0 heterocycles. The summed E-state index contributed by atoms with van der Waals surface area (Å²) in [7, 11) is 1.54. The first kappa shape index (κ1) is 17.5. The largest absolute Gasteiger partial charge is 0.497 e. The van der Waals surface area contributed by atoms with Crippen molar-refractivity contribution in [1.82, 2.24) is 0 Å². The molecule has 0 aliphatic carbocycles. The molecule has 0 spiro atoms. The van der Waals surface area contributed by atoms with E-state index in [9.17, 15) is 14.7 Å². The molecule has 2 N–H and O–H groups in total. The normalized spacial score (nSPS) is 13.6. The minimum Gasteiger partial charge on any atom is -0.497 e. The molecular formula is C15H20BrNO4. The summed E-state index contributed by atoms with van der Waals surface area (Å²) in [5, 5.41) is 12.1. The number of hydrogen-bond donors (Lipinski definition) is 2. The molecular weight excluding hydrogens is 338 g/mol. The lowest BCUT2D eigenvalue weighted by atomic mass is 9.76. The number of nitrogens with one attached hydrogen (secondary N) is 1. The fourth-order valence-corrected chi connectivity index (χ4v) is 2.13. The number of carboxylic acids is 1. The molecule has 0 bridgehead atoms. The predicted molar refractivity (Wildman–Crippen MR) is 84.5 cm³/mol. The van der Waals surface area contributed by atoms with Crippen LogP contribution in [0.1, 0.15) is 27.2 Å². The number of rotatable bonds is 6. The molecule has 1 atom stereocenters. The fourth-order valence-electron chi connectivity index (χ4n) is 1.78. The summed E-state index contributed by atoms with van der Waals surface area (Å²) < 4.78 is 5.81. The Balaban J connectivity index is 2.89. The number of carbonyl (C=O) groups excluding carboxylic acids is 1. The lowest BCUT2D eigenvalue weighted by Crippen LogP contribution is -2.37. The molecule has 1 amide bonds. The molecule has 21 heavy (non-hydrogen) atoms. The van der Waals surface area contributed by atoms with Crippen LogP contribution in [0.4, 0.5) is 5.69 Å². The highest BCUT2D eigenvalue weighted by Crippen LogP contribution is 2.33. The summed E-state index contributed by atoms with van der Waals surface area (Å²) in [5.74, 6) is -0.868. The first-order chi connectivity index (χ1) is 9.70. The van der Waals surface area contributed by atoms with Crippen molar-refractivity contribution < 1.29 is 19.4 Å². The minimum atomic E-state index is -1.10. The first-order valence-electron chi connectivity index (χ1n) is 6.57. The Hall–Kier alpha value is -1.56. The monoisotopic (exact) mass is 357 g/mol. The maximum atomic E-state index is 12.2. The smallest absolute Gasteiger partial charge is 0.310 e. The number of hydrogen-bond acceptors (Lipinski definition) is 3. The van der Waals surface area contributed by atoms with E-state index in [1.54, 1.807) is 39.0 Å². The highest BCUT2D eigenvalue weighted by molar-refractivity contribution is 9.10. The summed E-state index contributed by atoms with van der Waals surface area (Å²) in [4.78, 5) is 23.6. The van der Waals surface area contributed by atoms with E-state index in [-0.39, 0.29) is 18.2 Å². The van der Waals surface area contributed by atoms with Gasteiger partial charge in [-0.15, -0.1) is 0 Å². The van der Waals surface area contributed by atoms with Gasteiger partial charge in [0.15, 0.2) is 0 Å². The number of carbonyl (C=O) groups is 2. The van der Waals surface area contributed by atoms with Gasteiger partial charge in [-0.3, -0.25) is 9.59 Å². The van der Waals surface area contributed by atoms with Gasteiger partial charge in [-0.2, -0.15) is 0 Å². The van der Waals surface area contributed by atoms with Gasteiger partial charge in [-0.05, 0) is 40.9 Å². The average Bonchev–Trinajstić information content (AvgIpc) is 2.40. The van der Waals surface area contributed by atoms with E-state index in [0.717, 1.165) is 0 Å². The first-order valence-corrected chi connectivity index (χ1v) is 7.36. The number of ether oxygens (including phenoxy) is 1. The molecule has 5 nitrogen and oxygen atoms in total. The Morgan fingerprint density at radius 2 is 2.05 bits per heavy atom. The second-order valence-electron chi connectivity index (χ2n) is 5.45. The van der Waals surface area contributed by atoms with Crippen molar-refractivity contribution in [1.29, 1.82) is 0 Å². The zero-order valence-electron chi connectivity index (χ0n) is 12.6. The van der Waals surface area contributed by atoms with E-state index in [1.807, 2.05) is 0 Å². The fraction of sp³-hybridized carbons (Fsp3) is 0.467. The molecule has 1 aromatic rings. The topological polar surface area (TPSA) is 75.6 Å².